The first kappa shape index (κ1) is 11.5. The van der Waals surface area contributed by atoms with Gasteiger partial charge in [0.1, 0.15) is 5.57 Å². The second-order valence-corrected chi connectivity index (χ2v) is 4.25. The Morgan fingerprint density at radius 2 is 1.76 bits per heavy atom. The summed E-state index contributed by atoms with van der Waals surface area (Å²) in [6.45, 7) is 3.81. The van der Waals surface area contributed by atoms with Gasteiger partial charge in [0.15, 0.2) is 5.11 Å². The van der Waals surface area contributed by atoms with Crippen LogP contribution < -0.4 is 10.6 Å². The van der Waals surface area contributed by atoms with Crippen molar-refractivity contribution in [2.45, 2.75) is 13.8 Å². The molecule has 0 saturated carbocycles. The summed E-state index contributed by atoms with van der Waals surface area (Å²) in [5.74, 6) is -0.962. The van der Waals surface area contributed by atoms with E-state index in [1.54, 1.807) is 0 Å². The van der Waals surface area contributed by atoms with E-state index in [9.17, 15) is 9.59 Å². The lowest BCUT2D eigenvalue weighted by Gasteiger charge is -2.16. The minimum absolute atomic E-state index is 0.0385. The third-order valence-electron chi connectivity index (χ3n) is 2.42. The van der Waals surface area contributed by atoms with Crippen molar-refractivity contribution in [2.75, 3.05) is 0 Å². The first-order valence-electron chi connectivity index (χ1n) is 5.02. The van der Waals surface area contributed by atoms with Crippen LogP contribution in [0.1, 0.15) is 17.0 Å². The average Bonchev–Trinajstić information content (AvgIpc) is 2.51. The lowest BCUT2D eigenvalue weighted by molar-refractivity contribution is -0.123. The van der Waals surface area contributed by atoms with E-state index in [1.807, 2.05) is 19.9 Å². The van der Waals surface area contributed by atoms with Gasteiger partial charge in [0.2, 0.25) is 0 Å². The number of aromatic nitrogens is 1. The lowest BCUT2D eigenvalue weighted by Crippen LogP contribution is -2.51. The van der Waals surface area contributed by atoms with Crippen molar-refractivity contribution < 1.29 is 9.59 Å². The van der Waals surface area contributed by atoms with Crippen LogP contribution >= 0.6 is 12.2 Å². The molecular formula is C11H11N3O2S. The van der Waals surface area contributed by atoms with Gasteiger partial charge >= 0.3 is 0 Å². The summed E-state index contributed by atoms with van der Waals surface area (Å²) < 4.78 is 0. The first-order chi connectivity index (χ1) is 7.97. The molecule has 0 aromatic carbocycles. The largest absolute Gasteiger partial charge is 0.359 e. The van der Waals surface area contributed by atoms with E-state index in [-0.39, 0.29) is 10.7 Å². The molecule has 1 aliphatic heterocycles. The summed E-state index contributed by atoms with van der Waals surface area (Å²) in [7, 11) is 0. The fourth-order valence-corrected chi connectivity index (χ4v) is 1.84. The third-order valence-corrected chi connectivity index (χ3v) is 2.63. The Balaban J connectivity index is 2.39. The molecule has 0 radical (unpaired) electrons. The Bertz CT molecular complexity index is 535. The fraction of sp³-hybridized carbons (Fsp3) is 0.182. The zero-order valence-corrected chi connectivity index (χ0v) is 10.2. The second kappa shape index (κ2) is 4.14. The minimum atomic E-state index is -0.481. The maximum atomic E-state index is 11.6. The molecule has 0 aliphatic carbocycles. The Labute approximate surface area is 103 Å². The molecule has 3 N–H and O–H groups in total. The van der Waals surface area contributed by atoms with E-state index in [2.05, 4.69) is 15.6 Å². The van der Waals surface area contributed by atoms with Crippen LogP contribution in [-0.4, -0.2) is 21.9 Å². The summed E-state index contributed by atoms with van der Waals surface area (Å²) >= 11 is 4.71. The Kier molecular flexibility index (Phi) is 2.81. The smallest absolute Gasteiger partial charge is 0.263 e. The maximum Gasteiger partial charge on any atom is 0.263 e. The van der Waals surface area contributed by atoms with Crippen LogP contribution in [0.15, 0.2) is 11.6 Å². The van der Waals surface area contributed by atoms with Crippen LogP contribution in [0.3, 0.4) is 0 Å². The van der Waals surface area contributed by atoms with Gasteiger partial charge in [0.25, 0.3) is 11.8 Å². The van der Waals surface area contributed by atoms with Crippen LogP contribution in [-0.2, 0) is 9.59 Å². The summed E-state index contributed by atoms with van der Waals surface area (Å²) in [6, 6.07) is 1.94. The summed E-state index contributed by atoms with van der Waals surface area (Å²) in [6.07, 6.45) is 1.52. The van der Waals surface area contributed by atoms with E-state index in [1.165, 1.54) is 6.08 Å². The van der Waals surface area contributed by atoms with Crippen molar-refractivity contribution in [1.82, 2.24) is 15.6 Å². The molecule has 0 atom stereocenters. The van der Waals surface area contributed by atoms with Gasteiger partial charge in [-0.2, -0.15) is 0 Å². The number of amides is 2. The summed E-state index contributed by atoms with van der Waals surface area (Å²) in [5.41, 5.74) is 2.74. The number of aryl methyl sites for hydroxylation is 2. The highest BCUT2D eigenvalue weighted by Gasteiger charge is 2.25. The highest BCUT2D eigenvalue weighted by atomic mass is 32.1. The standard InChI is InChI=1S/C11H11N3O2S/c1-5-3-6(2)12-8(5)4-7-9(15)13-11(17)14-10(7)16/h3-4,12H,1-2H3,(H2,13,14,15,16,17). The van der Waals surface area contributed by atoms with E-state index in [0.29, 0.717) is 0 Å². The summed E-state index contributed by atoms with van der Waals surface area (Å²) in [4.78, 5) is 26.3. The Morgan fingerprint density at radius 3 is 2.24 bits per heavy atom. The van der Waals surface area contributed by atoms with Crippen molar-refractivity contribution in [1.29, 1.82) is 0 Å². The van der Waals surface area contributed by atoms with Gasteiger partial charge in [-0.25, -0.2) is 0 Å². The van der Waals surface area contributed by atoms with Gasteiger partial charge in [-0.1, -0.05) is 0 Å². The van der Waals surface area contributed by atoms with Gasteiger partial charge in [-0.15, -0.1) is 0 Å². The highest BCUT2D eigenvalue weighted by Crippen LogP contribution is 2.14. The predicted octanol–water partition coefficient (Wildman–Crippen LogP) is 0.546. The topological polar surface area (TPSA) is 74.0 Å². The molecule has 1 fully saturated rings. The van der Waals surface area contributed by atoms with E-state index in [4.69, 9.17) is 12.2 Å². The molecule has 17 heavy (non-hydrogen) atoms. The monoisotopic (exact) mass is 249 g/mol. The number of aromatic amines is 1. The molecule has 2 amide bonds. The molecule has 0 spiro atoms. The van der Waals surface area contributed by atoms with Crippen molar-refractivity contribution in [3.05, 3.63) is 28.6 Å². The van der Waals surface area contributed by atoms with Gasteiger partial charge in [0.05, 0.1) is 0 Å². The van der Waals surface area contributed by atoms with Gasteiger partial charge in [0, 0.05) is 11.4 Å². The van der Waals surface area contributed by atoms with Gasteiger partial charge < -0.3 is 4.98 Å². The van der Waals surface area contributed by atoms with Gasteiger partial charge in [-0.3, -0.25) is 20.2 Å². The van der Waals surface area contributed by atoms with Crippen LogP contribution in [0.5, 0.6) is 0 Å². The molecular weight excluding hydrogens is 238 g/mol. The van der Waals surface area contributed by atoms with Crippen LogP contribution in [0, 0.1) is 13.8 Å². The number of carbonyl (C=O) groups excluding carboxylic acids is 2. The van der Waals surface area contributed by atoms with Crippen molar-refractivity contribution in [2.24, 2.45) is 0 Å². The zero-order valence-electron chi connectivity index (χ0n) is 9.38. The third kappa shape index (κ3) is 2.26. The molecule has 1 saturated heterocycles. The molecule has 1 aliphatic rings. The molecule has 1 aromatic heterocycles. The number of thiocarbonyl (C=S) groups is 1. The minimum Gasteiger partial charge on any atom is -0.359 e. The lowest BCUT2D eigenvalue weighted by atomic mass is 10.1. The number of rotatable bonds is 1. The molecule has 88 valence electrons. The molecule has 2 rings (SSSR count). The van der Waals surface area contributed by atoms with Crippen LogP contribution in [0.2, 0.25) is 0 Å². The Hall–Kier alpha value is -1.95. The van der Waals surface area contributed by atoms with Gasteiger partial charge in [-0.05, 0) is 43.8 Å². The summed E-state index contributed by atoms with van der Waals surface area (Å²) in [5, 5.41) is 4.81. The molecule has 5 nitrogen and oxygen atoms in total. The first-order valence-corrected chi connectivity index (χ1v) is 5.43. The Morgan fingerprint density at radius 1 is 1.18 bits per heavy atom. The highest BCUT2D eigenvalue weighted by molar-refractivity contribution is 7.80. The fourth-order valence-electron chi connectivity index (χ4n) is 1.65. The molecule has 2 heterocycles. The van der Waals surface area contributed by atoms with E-state index >= 15 is 0 Å². The average molecular weight is 249 g/mol. The van der Waals surface area contributed by atoms with Crippen molar-refractivity contribution >= 4 is 35.2 Å². The van der Waals surface area contributed by atoms with Crippen molar-refractivity contribution in [3.63, 3.8) is 0 Å². The number of hydrogen-bond acceptors (Lipinski definition) is 3. The van der Waals surface area contributed by atoms with Crippen LogP contribution in [0.4, 0.5) is 0 Å². The number of H-pyrrole nitrogens is 1. The quantitative estimate of drug-likeness (QED) is 0.386. The normalized spacial score (nSPS) is 15.6. The molecule has 1 aromatic rings. The zero-order chi connectivity index (χ0) is 12.6. The molecule has 6 heteroatoms. The van der Waals surface area contributed by atoms with Crippen molar-refractivity contribution in [3.8, 4) is 0 Å². The molecule has 0 bridgehead atoms. The second-order valence-electron chi connectivity index (χ2n) is 3.84. The number of nitrogens with one attached hydrogen (secondary N) is 3. The van der Waals surface area contributed by atoms with E-state index < -0.39 is 11.8 Å². The molecule has 0 unspecified atom stereocenters. The predicted molar refractivity (Wildman–Crippen MR) is 67.1 cm³/mol. The van der Waals surface area contributed by atoms with E-state index in [0.717, 1.165) is 17.0 Å². The number of hydrogen-bond donors (Lipinski definition) is 3. The van der Waals surface area contributed by atoms with Crippen LogP contribution in [0.25, 0.3) is 6.08 Å². The maximum absolute atomic E-state index is 11.6. The number of carbonyl (C=O) groups is 2. The SMILES string of the molecule is Cc1cc(C)c(C=C2C(=O)NC(=S)NC2=O)[nH]1.